The van der Waals surface area contributed by atoms with E-state index in [0.717, 1.165) is 56.0 Å². The smallest absolute Gasteiger partial charge is 0.321 e. The molecule has 4 rings (SSSR count). The van der Waals surface area contributed by atoms with E-state index in [-0.39, 0.29) is 6.03 Å². The van der Waals surface area contributed by atoms with Gasteiger partial charge in [0.2, 0.25) is 0 Å². The number of nitrogens with zero attached hydrogens (tertiary/aromatic N) is 2. The standard InChI is InChI=1S/C20H24N4O/c1-23-10-12-24(13-11-23)20(25)22-19-5-3-2-4-17(19)15-6-7-18-16(14-15)8-9-21-18/h2-7,14,21H,8-13H2,1H3,(H,22,25). The Kier molecular flexibility index (Phi) is 4.32. The summed E-state index contributed by atoms with van der Waals surface area (Å²) in [5, 5.41) is 6.51. The van der Waals surface area contributed by atoms with E-state index in [9.17, 15) is 4.79 Å². The van der Waals surface area contributed by atoms with Gasteiger partial charge in [0, 0.05) is 44.0 Å². The summed E-state index contributed by atoms with van der Waals surface area (Å²) >= 11 is 0. The molecule has 0 unspecified atom stereocenters. The van der Waals surface area contributed by atoms with Crippen LogP contribution in [0, 0.1) is 0 Å². The molecule has 0 spiro atoms. The first-order valence-electron chi connectivity index (χ1n) is 8.91. The third kappa shape index (κ3) is 3.33. The van der Waals surface area contributed by atoms with Crippen LogP contribution in [0.4, 0.5) is 16.2 Å². The molecule has 2 aromatic rings. The molecule has 2 aliphatic rings. The first kappa shape index (κ1) is 16.0. The maximum atomic E-state index is 12.6. The van der Waals surface area contributed by atoms with Crippen LogP contribution < -0.4 is 10.6 Å². The van der Waals surface area contributed by atoms with Crippen molar-refractivity contribution in [1.29, 1.82) is 0 Å². The van der Waals surface area contributed by atoms with Gasteiger partial charge in [0.25, 0.3) is 0 Å². The quantitative estimate of drug-likeness (QED) is 0.886. The van der Waals surface area contributed by atoms with Crippen LogP contribution in [0.25, 0.3) is 11.1 Å². The van der Waals surface area contributed by atoms with Crippen LogP contribution in [0.1, 0.15) is 5.56 Å². The molecule has 130 valence electrons. The van der Waals surface area contributed by atoms with Gasteiger partial charge >= 0.3 is 6.03 Å². The van der Waals surface area contributed by atoms with E-state index in [1.54, 1.807) is 0 Å². The highest BCUT2D eigenvalue weighted by Gasteiger charge is 2.20. The van der Waals surface area contributed by atoms with Crippen molar-refractivity contribution in [3.8, 4) is 11.1 Å². The van der Waals surface area contributed by atoms with Gasteiger partial charge in [0.1, 0.15) is 0 Å². The molecule has 25 heavy (non-hydrogen) atoms. The fourth-order valence-corrected chi connectivity index (χ4v) is 3.52. The molecule has 2 heterocycles. The normalized spacial score (nSPS) is 17.1. The molecular weight excluding hydrogens is 312 g/mol. The zero-order valence-corrected chi connectivity index (χ0v) is 14.6. The number of amides is 2. The predicted molar refractivity (Wildman–Crippen MR) is 102 cm³/mol. The lowest BCUT2D eigenvalue weighted by Crippen LogP contribution is -2.48. The third-order valence-corrected chi connectivity index (χ3v) is 5.09. The van der Waals surface area contributed by atoms with Crippen LogP contribution in [0.3, 0.4) is 0 Å². The van der Waals surface area contributed by atoms with Crippen LogP contribution in [-0.4, -0.2) is 55.6 Å². The predicted octanol–water partition coefficient (Wildman–Crippen LogP) is 3.10. The summed E-state index contributed by atoms with van der Waals surface area (Å²) < 4.78 is 0. The number of anilines is 2. The summed E-state index contributed by atoms with van der Waals surface area (Å²) in [7, 11) is 2.09. The highest BCUT2D eigenvalue weighted by atomic mass is 16.2. The van der Waals surface area contributed by atoms with E-state index in [2.05, 4.69) is 46.8 Å². The lowest BCUT2D eigenvalue weighted by Gasteiger charge is -2.32. The van der Waals surface area contributed by atoms with Gasteiger partial charge in [-0.3, -0.25) is 0 Å². The summed E-state index contributed by atoms with van der Waals surface area (Å²) in [6.45, 7) is 4.39. The van der Waals surface area contributed by atoms with Gasteiger partial charge in [-0.25, -0.2) is 4.79 Å². The van der Waals surface area contributed by atoms with Crippen molar-refractivity contribution in [3.05, 3.63) is 48.0 Å². The fraction of sp³-hybridized carbons (Fsp3) is 0.350. The van der Waals surface area contributed by atoms with Crippen LogP contribution in [0.15, 0.2) is 42.5 Å². The topological polar surface area (TPSA) is 47.6 Å². The molecule has 0 radical (unpaired) electrons. The zero-order valence-electron chi connectivity index (χ0n) is 14.6. The SMILES string of the molecule is CN1CCN(C(=O)Nc2ccccc2-c2ccc3c(c2)CCN3)CC1. The lowest BCUT2D eigenvalue weighted by molar-refractivity contribution is 0.164. The number of carbonyl (C=O) groups excluding carboxylic acids is 1. The number of hydrogen-bond acceptors (Lipinski definition) is 3. The molecule has 2 N–H and O–H groups in total. The molecule has 5 heteroatoms. The van der Waals surface area contributed by atoms with Crippen LogP contribution in [0.5, 0.6) is 0 Å². The van der Waals surface area contributed by atoms with Gasteiger partial charge in [-0.05, 0) is 42.8 Å². The lowest BCUT2D eigenvalue weighted by atomic mass is 10.00. The maximum absolute atomic E-state index is 12.6. The Hall–Kier alpha value is -2.53. The number of hydrogen-bond donors (Lipinski definition) is 2. The summed E-state index contributed by atoms with van der Waals surface area (Å²) in [5.74, 6) is 0. The number of piperazine rings is 1. The van der Waals surface area contributed by atoms with Crippen molar-refractivity contribution < 1.29 is 4.79 Å². The van der Waals surface area contributed by atoms with E-state index in [4.69, 9.17) is 0 Å². The van der Waals surface area contributed by atoms with Gasteiger partial charge in [0.15, 0.2) is 0 Å². The van der Waals surface area contributed by atoms with E-state index in [0.29, 0.717) is 0 Å². The largest absolute Gasteiger partial charge is 0.384 e. The molecule has 1 saturated heterocycles. The molecule has 0 bridgehead atoms. The molecule has 0 atom stereocenters. The second kappa shape index (κ2) is 6.76. The first-order chi connectivity index (χ1) is 12.2. The Labute approximate surface area is 148 Å². The van der Waals surface area contributed by atoms with Crippen molar-refractivity contribution in [2.45, 2.75) is 6.42 Å². The number of likely N-dealkylation sites (N-methyl/N-ethyl adjacent to an activating group) is 1. The summed E-state index contributed by atoms with van der Waals surface area (Å²) in [4.78, 5) is 16.8. The Morgan fingerprint density at radius 1 is 1.08 bits per heavy atom. The summed E-state index contributed by atoms with van der Waals surface area (Å²) in [6, 6.07) is 14.5. The van der Waals surface area contributed by atoms with E-state index < -0.39 is 0 Å². The number of fused-ring (bicyclic) bond motifs is 1. The number of rotatable bonds is 2. The second-order valence-corrected chi connectivity index (χ2v) is 6.81. The molecular formula is C20H24N4O. The average Bonchev–Trinajstić information content (AvgIpc) is 3.10. The van der Waals surface area contributed by atoms with Gasteiger partial charge in [-0.15, -0.1) is 0 Å². The Bertz CT molecular complexity index is 781. The minimum atomic E-state index is -0.0108. The van der Waals surface area contributed by atoms with Gasteiger partial charge < -0.3 is 20.4 Å². The van der Waals surface area contributed by atoms with E-state index in [1.165, 1.54) is 11.3 Å². The van der Waals surface area contributed by atoms with Crippen molar-refractivity contribution >= 4 is 17.4 Å². The van der Waals surface area contributed by atoms with Crippen LogP contribution in [-0.2, 0) is 6.42 Å². The molecule has 0 aromatic heterocycles. The number of nitrogens with one attached hydrogen (secondary N) is 2. The van der Waals surface area contributed by atoms with Crippen molar-refractivity contribution in [2.24, 2.45) is 0 Å². The Morgan fingerprint density at radius 3 is 2.72 bits per heavy atom. The summed E-state index contributed by atoms with van der Waals surface area (Å²) in [5.41, 5.74) is 5.66. The fourth-order valence-electron chi connectivity index (χ4n) is 3.52. The highest BCUT2D eigenvalue weighted by molar-refractivity contribution is 5.94. The number of para-hydroxylation sites is 1. The first-order valence-corrected chi connectivity index (χ1v) is 8.91. The average molecular weight is 336 g/mol. The Balaban J connectivity index is 1.56. The highest BCUT2D eigenvalue weighted by Crippen LogP contribution is 2.32. The molecule has 2 amide bonds. The third-order valence-electron chi connectivity index (χ3n) is 5.09. The van der Waals surface area contributed by atoms with E-state index >= 15 is 0 Å². The van der Waals surface area contributed by atoms with Crippen LogP contribution in [0.2, 0.25) is 0 Å². The van der Waals surface area contributed by atoms with Crippen molar-refractivity contribution in [3.63, 3.8) is 0 Å². The monoisotopic (exact) mass is 336 g/mol. The molecule has 2 aliphatic heterocycles. The van der Waals surface area contributed by atoms with Gasteiger partial charge in [-0.1, -0.05) is 24.3 Å². The minimum absolute atomic E-state index is 0.0108. The molecule has 1 fully saturated rings. The maximum Gasteiger partial charge on any atom is 0.321 e. The summed E-state index contributed by atoms with van der Waals surface area (Å²) in [6.07, 6.45) is 1.05. The van der Waals surface area contributed by atoms with E-state index in [1.807, 2.05) is 23.1 Å². The zero-order chi connectivity index (χ0) is 17.2. The molecule has 0 aliphatic carbocycles. The van der Waals surface area contributed by atoms with Gasteiger partial charge in [0.05, 0.1) is 5.69 Å². The molecule has 0 saturated carbocycles. The van der Waals surface area contributed by atoms with Crippen molar-refractivity contribution in [2.75, 3.05) is 50.4 Å². The number of benzene rings is 2. The van der Waals surface area contributed by atoms with Crippen molar-refractivity contribution in [1.82, 2.24) is 9.80 Å². The Morgan fingerprint density at radius 2 is 1.88 bits per heavy atom. The second-order valence-electron chi connectivity index (χ2n) is 6.81. The number of urea groups is 1. The molecule has 2 aromatic carbocycles. The van der Waals surface area contributed by atoms with Gasteiger partial charge in [-0.2, -0.15) is 0 Å². The van der Waals surface area contributed by atoms with Crippen LogP contribution >= 0.6 is 0 Å². The number of carbonyl (C=O) groups is 1. The minimum Gasteiger partial charge on any atom is -0.384 e. The molecule has 5 nitrogen and oxygen atoms in total.